The van der Waals surface area contributed by atoms with Gasteiger partial charge in [0.1, 0.15) is 11.3 Å². The van der Waals surface area contributed by atoms with E-state index in [2.05, 4.69) is 32.9 Å². The number of para-hydroxylation sites is 1. The van der Waals surface area contributed by atoms with E-state index in [-0.39, 0.29) is 11.3 Å². The van der Waals surface area contributed by atoms with Crippen molar-refractivity contribution in [1.82, 2.24) is 0 Å². The molecule has 1 aliphatic carbocycles. The Morgan fingerprint density at radius 3 is 2.76 bits per heavy atom. The number of nitrogens with two attached hydrogens (primary N) is 1. The van der Waals surface area contributed by atoms with Crippen LogP contribution in [0.15, 0.2) is 24.3 Å². The van der Waals surface area contributed by atoms with E-state index < -0.39 is 5.54 Å². The second-order valence-corrected chi connectivity index (χ2v) is 7.12. The maximum absolute atomic E-state index is 9.25. The summed E-state index contributed by atoms with van der Waals surface area (Å²) in [6.45, 7) is 7.19. The average Bonchev–Trinajstić information content (AvgIpc) is 2.80. The second-order valence-electron chi connectivity index (χ2n) is 7.12. The van der Waals surface area contributed by atoms with Crippen LogP contribution in [0.25, 0.3) is 0 Å². The summed E-state index contributed by atoms with van der Waals surface area (Å²) < 4.78 is 6.00. The monoisotopic (exact) mass is 286 g/mol. The fourth-order valence-corrected chi connectivity index (χ4v) is 3.18. The first-order valence-corrected chi connectivity index (χ1v) is 7.79. The van der Waals surface area contributed by atoms with Gasteiger partial charge in [-0.15, -0.1) is 0 Å². The number of nitriles is 1. The zero-order valence-corrected chi connectivity index (χ0v) is 13.4. The molecule has 0 aliphatic heterocycles. The van der Waals surface area contributed by atoms with Gasteiger partial charge in [-0.25, -0.2) is 0 Å². The lowest BCUT2D eigenvalue weighted by molar-refractivity contribution is 0.250. The van der Waals surface area contributed by atoms with E-state index in [0.717, 1.165) is 31.4 Å². The third-order valence-electron chi connectivity index (χ3n) is 4.50. The Morgan fingerprint density at radius 2 is 2.10 bits per heavy atom. The molecule has 0 saturated heterocycles. The number of nitrogens with zero attached hydrogens (tertiary/aromatic N) is 1. The molecule has 2 rings (SSSR count). The molecule has 0 bridgehead atoms. The minimum Gasteiger partial charge on any atom is -0.493 e. The molecule has 0 spiro atoms. The van der Waals surface area contributed by atoms with Gasteiger partial charge < -0.3 is 10.5 Å². The van der Waals surface area contributed by atoms with Gasteiger partial charge in [0.15, 0.2) is 0 Å². The van der Waals surface area contributed by atoms with Crippen LogP contribution in [-0.4, -0.2) is 12.1 Å². The number of ether oxygens (including phenoxy) is 1. The lowest BCUT2D eigenvalue weighted by atomic mass is 9.86. The topological polar surface area (TPSA) is 59.0 Å². The van der Waals surface area contributed by atoms with Crippen molar-refractivity contribution in [3.05, 3.63) is 29.8 Å². The van der Waals surface area contributed by atoms with Crippen LogP contribution in [0.5, 0.6) is 5.75 Å². The van der Waals surface area contributed by atoms with Crippen LogP contribution in [-0.2, 0) is 5.41 Å². The van der Waals surface area contributed by atoms with E-state index in [4.69, 9.17) is 10.5 Å². The van der Waals surface area contributed by atoms with E-state index in [1.165, 1.54) is 5.56 Å². The van der Waals surface area contributed by atoms with Crippen molar-refractivity contribution in [1.29, 1.82) is 5.26 Å². The summed E-state index contributed by atoms with van der Waals surface area (Å²) in [5.41, 5.74) is 6.80. The molecule has 114 valence electrons. The van der Waals surface area contributed by atoms with Crippen LogP contribution in [0, 0.1) is 17.2 Å². The molecule has 1 aliphatic rings. The van der Waals surface area contributed by atoms with Gasteiger partial charge in [0.25, 0.3) is 0 Å². The van der Waals surface area contributed by atoms with Gasteiger partial charge in [0.2, 0.25) is 0 Å². The quantitative estimate of drug-likeness (QED) is 0.916. The van der Waals surface area contributed by atoms with E-state index in [0.29, 0.717) is 6.61 Å². The van der Waals surface area contributed by atoms with Crippen LogP contribution in [0.2, 0.25) is 0 Å². The van der Waals surface area contributed by atoms with Gasteiger partial charge in [0.05, 0.1) is 12.7 Å². The minimum absolute atomic E-state index is 0.0637. The molecular weight excluding hydrogens is 260 g/mol. The molecular formula is C18H26N2O. The number of hydrogen-bond acceptors (Lipinski definition) is 3. The summed E-state index contributed by atoms with van der Waals surface area (Å²) in [7, 11) is 0. The number of hydrogen-bond donors (Lipinski definition) is 1. The van der Waals surface area contributed by atoms with Crippen molar-refractivity contribution in [3.63, 3.8) is 0 Å². The van der Waals surface area contributed by atoms with Crippen LogP contribution in [0.1, 0.15) is 52.0 Å². The van der Waals surface area contributed by atoms with E-state index >= 15 is 0 Å². The summed E-state index contributed by atoms with van der Waals surface area (Å²) in [5, 5.41) is 9.25. The first-order chi connectivity index (χ1) is 9.87. The van der Waals surface area contributed by atoms with Crippen molar-refractivity contribution in [2.24, 2.45) is 11.7 Å². The molecule has 0 aromatic heterocycles. The Hall–Kier alpha value is -1.53. The minimum atomic E-state index is -0.646. The average molecular weight is 286 g/mol. The van der Waals surface area contributed by atoms with Gasteiger partial charge >= 0.3 is 0 Å². The lowest BCUT2D eigenvalue weighted by Crippen LogP contribution is -2.42. The molecule has 1 aromatic rings. The van der Waals surface area contributed by atoms with Gasteiger partial charge in [-0.05, 0) is 42.2 Å². The summed E-state index contributed by atoms with van der Waals surface area (Å²) in [6, 6.07) is 10.5. The first kappa shape index (κ1) is 15.9. The van der Waals surface area contributed by atoms with Gasteiger partial charge in [-0.1, -0.05) is 45.4 Å². The Labute approximate surface area is 128 Å². The van der Waals surface area contributed by atoms with Crippen molar-refractivity contribution in [3.8, 4) is 11.8 Å². The Balaban J connectivity index is 1.98. The predicted octanol–water partition coefficient (Wildman–Crippen LogP) is 3.77. The van der Waals surface area contributed by atoms with Crippen molar-refractivity contribution >= 4 is 0 Å². The summed E-state index contributed by atoms with van der Waals surface area (Å²) in [6.07, 6.45) is 3.75. The highest BCUT2D eigenvalue weighted by Crippen LogP contribution is 2.36. The molecule has 0 heterocycles. The Bertz CT molecular complexity index is 527. The fraction of sp³-hybridized carbons (Fsp3) is 0.611. The van der Waals surface area contributed by atoms with E-state index in [1.54, 1.807) is 0 Å². The van der Waals surface area contributed by atoms with E-state index in [1.807, 2.05) is 18.2 Å². The highest BCUT2D eigenvalue weighted by molar-refractivity contribution is 5.38. The van der Waals surface area contributed by atoms with Gasteiger partial charge in [-0.2, -0.15) is 5.26 Å². The molecule has 1 fully saturated rings. The third-order valence-corrected chi connectivity index (χ3v) is 4.50. The molecule has 3 heteroatoms. The van der Waals surface area contributed by atoms with Crippen LogP contribution in [0.3, 0.4) is 0 Å². The number of benzene rings is 1. The summed E-state index contributed by atoms with van der Waals surface area (Å²) in [5.74, 6) is 1.20. The largest absolute Gasteiger partial charge is 0.493 e. The fourth-order valence-electron chi connectivity index (χ4n) is 3.18. The Morgan fingerprint density at radius 1 is 1.38 bits per heavy atom. The van der Waals surface area contributed by atoms with Crippen LogP contribution in [0.4, 0.5) is 0 Å². The second kappa shape index (κ2) is 6.07. The summed E-state index contributed by atoms with van der Waals surface area (Å²) >= 11 is 0. The standard InChI is InChI=1S/C18H26N2O/c1-17(2,3)15-8-4-5-9-16(15)21-12-10-14-7-6-11-18(14,20)13-19/h4-5,8-9,14H,6-7,10-12,20H2,1-3H3. The molecule has 1 aromatic carbocycles. The van der Waals surface area contributed by atoms with Crippen LogP contribution >= 0.6 is 0 Å². The molecule has 0 amide bonds. The Kier molecular flexibility index (Phi) is 4.58. The smallest absolute Gasteiger partial charge is 0.123 e. The molecule has 2 unspecified atom stereocenters. The first-order valence-electron chi connectivity index (χ1n) is 7.79. The normalized spacial score (nSPS) is 25.6. The predicted molar refractivity (Wildman–Crippen MR) is 85.1 cm³/mol. The van der Waals surface area contributed by atoms with E-state index in [9.17, 15) is 5.26 Å². The van der Waals surface area contributed by atoms with Crippen molar-refractivity contribution in [2.75, 3.05) is 6.61 Å². The van der Waals surface area contributed by atoms with Gasteiger partial charge in [0, 0.05) is 0 Å². The lowest BCUT2D eigenvalue weighted by Gasteiger charge is -2.25. The zero-order valence-electron chi connectivity index (χ0n) is 13.4. The molecule has 1 saturated carbocycles. The molecule has 2 atom stereocenters. The zero-order chi connectivity index (χ0) is 15.5. The third kappa shape index (κ3) is 3.57. The molecule has 2 N–H and O–H groups in total. The van der Waals surface area contributed by atoms with Gasteiger partial charge in [-0.3, -0.25) is 0 Å². The summed E-state index contributed by atoms with van der Waals surface area (Å²) in [4.78, 5) is 0. The highest BCUT2D eigenvalue weighted by Gasteiger charge is 2.39. The van der Waals surface area contributed by atoms with Crippen molar-refractivity contribution in [2.45, 2.75) is 57.4 Å². The van der Waals surface area contributed by atoms with Crippen molar-refractivity contribution < 1.29 is 4.74 Å². The highest BCUT2D eigenvalue weighted by atomic mass is 16.5. The molecule has 0 radical (unpaired) electrons. The number of rotatable bonds is 4. The SMILES string of the molecule is CC(C)(C)c1ccccc1OCCC1CCCC1(N)C#N. The molecule has 21 heavy (non-hydrogen) atoms. The maximum Gasteiger partial charge on any atom is 0.123 e. The van der Waals surface area contributed by atoms with Crippen LogP contribution < -0.4 is 10.5 Å². The maximum atomic E-state index is 9.25. The molecule has 3 nitrogen and oxygen atoms in total.